The lowest BCUT2D eigenvalue weighted by atomic mass is 10.0. The van der Waals surface area contributed by atoms with Gasteiger partial charge in [0.05, 0.1) is 29.6 Å². The lowest BCUT2D eigenvalue weighted by Crippen LogP contribution is -2.16. The average molecular weight is 497 g/mol. The Kier molecular flexibility index (Phi) is 8.52. The molecule has 1 amide bonds. The zero-order chi connectivity index (χ0) is 26.3. The van der Waals surface area contributed by atoms with E-state index in [-0.39, 0.29) is 17.8 Å². The van der Waals surface area contributed by atoms with Gasteiger partial charge in [0.1, 0.15) is 0 Å². The predicted octanol–water partition coefficient (Wildman–Crippen LogP) is 5.84. The first-order chi connectivity index (χ1) is 17.1. The summed E-state index contributed by atoms with van der Waals surface area (Å²) in [4.78, 5) is 29.1. The average Bonchev–Trinajstić information content (AvgIpc) is 2.83. The van der Waals surface area contributed by atoms with E-state index in [1.807, 2.05) is 32.9 Å². The number of anilines is 2. The van der Waals surface area contributed by atoms with Crippen LogP contribution in [-0.2, 0) is 17.4 Å². The molecule has 36 heavy (non-hydrogen) atoms. The van der Waals surface area contributed by atoms with Gasteiger partial charge in [-0.3, -0.25) is 14.8 Å². The van der Waals surface area contributed by atoms with Gasteiger partial charge in [0.2, 0.25) is 11.9 Å². The number of pyridine rings is 1. The number of amides is 1. The third-order valence-corrected chi connectivity index (χ3v) is 5.17. The Morgan fingerprint density at radius 2 is 1.67 bits per heavy atom. The Hall–Kier alpha value is -4.08. The molecule has 0 radical (unpaired) electrons. The van der Waals surface area contributed by atoms with E-state index in [0.717, 1.165) is 28.5 Å². The van der Waals surface area contributed by atoms with Crippen LogP contribution in [0.2, 0.25) is 0 Å². The second-order valence-electron chi connectivity index (χ2n) is 8.24. The Morgan fingerprint density at radius 3 is 2.25 bits per heavy atom. The van der Waals surface area contributed by atoms with Crippen LogP contribution in [-0.4, -0.2) is 33.6 Å². The van der Waals surface area contributed by atoms with Crippen LogP contribution in [0.15, 0.2) is 65.2 Å². The zero-order valence-electron chi connectivity index (χ0n) is 20.4. The molecule has 0 aliphatic rings. The summed E-state index contributed by atoms with van der Waals surface area (Å²) >= 11 is 0. The van der Waals surface area contributed by atoms with Gasteiger partial charge in [-0.25, -0.2) is 9.97 Å². The molecule has 3 rings (SSSR count). The maximum Gasteiger partial charge on any atom is 0.418 e. The highest BCUT2D eigenvalue weighted by atomic mass is 19.4. The molecule has 0 fully saturated rings. The third-order valence-electron chi connectivity index (χ3n) is 5.17. The van der Waals surface area contributed by atoms with E-state index in [9.17, 15) is 18.0 Å². The zero-order valence-corrected chi connectivity index (χ0v) is 20.4. The van der Waals surface area contributed by atoms with Crippen molar-refractivity contribution in [1.82, 2.24) is 15.0 Å². The van der Waals surface area contributed by atoms with Gasteiger partial charge in [-0.2, -0.15) is 13.2 Å². The summed E-state index contributed by atoms with van der Waals surface area (Å²) in [6.07, 6.45) is 1.81. The fraction of sp³-hybridized carbons (Fsp3) is 0.269. The summed E-state index contributed by atoms with van der Waals surface area (Å²) in [5.74, 6) is 0.00653. The topological polar surface area (TPSA) is 92.2 Å². The van der Waals surface area contributed by atoms with E-state index in [2.05, 4.69) is 30.6 Å². The van der Waals surface area contributed by atoms with Crippen molar-refractivity contribution < 1.29 is 18.0 Å². The van der Waals surface area contributed by atoms with E-state index >= 15 is 0 Å². The molecule has 188 valence electrons. The first kappa shape index (κ1) is 26.5. The molecule has 2 aromatic heterocycles. The molecule has 2 N–H and O–H groups in total. The number of aliphatic imine (C=N–C) groups is 1. The molecule has 0 unspecified atom stereocenters. The van der Waals surface area contributed by atoms with Crippen LogP contribution in [0.25, 0.3) is 11.1 Å². The van der Waals surface area contributed by atoms with Gasteiger partial charge in [0, 0.05) is 36.4 Å². The van der Waals surface area contributed by atoms with Gasteiger partial charge in [0.25, 0.3) is 0 Å². The molecule has 0 saturated heterocycles. The summed E-state index contributed by atoms with van der Waals surface area (Å²) in [5, 5.41) is 5.63. The lowest BCUT2D eigenvalue weighted by molar-refractivity contribution is -0.138. The largest absolute Gasteiger partial charge is 0.418 e. The highest BCUT2D eigenvalue weighted by Gasteiger charge is 2.33. The minimum atomic E-state index is -4.54. The molecule has 0 saturated carbocycles. The SMILES string of the molecule is CCN=CC(Nc1ncc(-c2ccc(CC(=O)Nc3cnc(C)c(C(F)(F)F)c3)cc2)cn1)=C(C)C. The summed E-state index contributed by atoms with van der Waals surface area (Å²) in [6, 6.07) is 8.10. The van der Waals surface area contributed by atoms with Crippen molar-refractivity contribution in [2.24, 2.45) is 4.99 Å². The molecular weight excluding hydrogens is 469 g/mol. The van der Waals surface area contributed by atoms with Crippen LogP contribution in [0, 0.1) is 6.92 Å². The number of hydrogen-bond donors (Lipinski definition) is 2. The number of halogens is 3. The number of rotatable bonds is 8. The monoisotopic (exact) mass is 496 g/mol. The smallest absolute Gasteiger partial charge is 0.324 e. The minimum absolute atomic E-state index is 0.000338. The van der Waals surface area contributed by atoms with E-state index in [1.54, 1.807) is 30.7 Å². The van der Waals surface area contributed by atoms with Crippen LogP contribution in [0.1, 0.15) is 37.6 Å². The fourth-order valence-corrected chi connectivity index (χ4v) is 3.23. The normalized spacial score (nSPS) is 11.4. The fourth-order valence-electron chi connectivity index (χ4n) is 3.23. The number of hydrogen-bond acceptors (Lipinski definition) is 6. The Morgan fingerprint density at radius 1 is 1.00 bits per heavy atom. The number of carbonyl (C=O) groups is 1. The lowest BCUT2D eigenvalue weighted by Gasteiger charge is -2.12. The first-order valence-electron chi connectivity index (χ1n) is 11.3. The number of nitrogens with one attached hydrogen (secondary N) is 2. The molecule has 10 heteroatoms. The number of benzene rings is 1. The minimum Gasteiger partial charge on any atom is -0.324 e. The van der Waals surface area contributed by atoms with Gasteiger partial charge in [0.15, 0.2) is 0 Å². The highest BCUT2D eigenvalue weighted by molar-refractivity contribution is 5.92. The summed E-state index contributed by atoms with van der Waals surface area (Å²) in [6.45, 7) is 7.85. The predicted molar refractivity (Wildman–Crippen MR) is 135 cm³/mol. The van der Waals surface area contributed by atoms with Crippen LogP contribution < -0.4 is 10.6 Å². The van der Waals surface area contributed by atoms with Crippen LogP contribution in [0.5, 0.6) is 0 Å². The molecule has 0 aliphatic carbocycles. The Balaban J connectivity index is 1.64. The van der Waals surface area contributed by atoms with Crippen molar-refractivity contribution in [3.8, 4) is 11.1 Å². The van der Waals surface area contributed by atoms with Gasteiger partial charge in [-0.15, -0.1) is 0 Å². The molecule has 0 atom stereocenters. The van der Waals surface area contributed by atoms with Gasteiger partial charge >= 0.3 is 6.18 Å². The standard InChI is InChI=1S/C26H27F3N6O/c1-5-30-15-23(16(2)3)35-25-32-12-20(13-33-25)19-8-6-18(7-9-19)10-24(36)34-21-11-22(26(27,28)29)17(4)31-14-21/h6-9,11-15H,5,10H2,1-4H3,(H,34,36)(H,32,33,35). The quantitative estimate of drug-likeness (QED) is 0.382. The summed E-state index contributed by atoms with van der Waals surface area (Å²) in [7, 11) is 0. The maximum absolute atomic E-state index is 13.1. The Labute approximate surface area is 207 Å². The molecule has 7 nitrogen and oxygen atoms in total. The molecule has 1 aromatic carbocycles. The third kappa shape index (κ3) is 7.21. The van der Waals surface area contributed by atoms with Crippen LogP contribution >= 0.6 is 0 Å². The number of aromatic nitrogens is 3. The van der Waals surface area contributed by atoms with Crippen molar-refractivity contribution in [3.05, 3.63) is 77.0 Å². The molecule has 2 heterocycles. The van der Waals surface area contributed by atoms with Crippen molar-refractivity contribution in [1.29, 1.82) is 0 Å². The number of alkyl halides is 3. The molecule has 0 aliphatic heterocycles. The van der Waals surface area contributed by atoms with E-state index < -0.39 is 17.6 Å². The second kappa shape index (κ2) is 11.6. The van der Waals surface area contributed by atoms with E-state index in [0.29, 0.717) is 18.1 Å². The Bertz CT molecular complexity index is 1260. The second-order valence-corrected chi connectivity index (χ2v) is 8.24. The van der Waals surface area contributed by atoms with Crippen molar-refractivity contribution in [3.63, 3.8) is 0 Å². The number of nitrogens with zero attached hydrogens (tertiary/aromatic N) is 4. The van der Waals surface area contributed by atoms with Crippen LogP contribution in [0.4, 0.5) is 24.8 Å². The van der Waals surface area contributed by atoms with Crippen LogP contribution in [0.3, 0.4) is 0 Å². The molecule has 0 bridgehead atoms. The van der Waals surface area contributed by atoms with E-state index in [1.165, 1.54) is 13.1 Å². The van der Waals surface area contributed by atoms with Gasteiger partial charge in [-0.05, 0) is 44.9 Å². The van der Waals surface area contributed by atoms with Crippen molar-refractivity contribution in [2.75, 3.05) is 17.2 Å². The molecule has 3 aromatic rings. The summed E-state index contributed by atoms with van der Waals surface area (Å²) < 4.78 is 39.2. The first-order valence-corrected chi connectivity index (χ1v) is 11.3. The number of carbonyl (C=O) groups excluding carboxylic acids is 1. The van der Waals surface area contributed by atoms with Gasteiger partial charge in [-0.1, -0.05) is 29.8 Å². The number of aryl methyl sites for hydroxylation is 1. The summed E-state index contributed by atoms with van der Waals surface area (Å²) in [5.41, 5.74) is 3.22. The van der Waals surface area contributed by atoms with Crippen molar-refractivity contribution >= 4 is 23.8 Å². The molecular formula is C26H27F3N6O. The maximum atomic E-state index is 13.1. The number of allylic oxidation sites excluding steroid dienone is 2. The van der Waals surface area contributed by atoms with Gasteiger partial charge < -0.3 is 10.6 Å². The molecule has 0 spiro atoms. The van der Waals surface area contributed by atoms with Crippen molar-refractivity contribution in [2.45, 2.75) is 40.3 Å². The highest BCUT2D eigenvalue weighted by Crippen LogP contribution is 2.32. The van der Waals surface area contributed by atoms with E-state index in [4.69, 9.17) is 0 Å².